The normalized spacial score (nSPS) is 11.1. The number of hydrogen-bond donors (Lipinski definition) is 2. The standard InChI is InChI=1S/C28H22N8O6S2/c1-41-25-12-26(42-2)20(22-16-44-28(32-22)34-30-14-18-8-4-6-10-24(18)36(39)40)11-19(25)21-15-43-27(31-21)33-29-13-17-7-3-5-9-23(17)35(37)38/h3-16H,1-2H3,(H,31,33)(H,32,34). The molecule has 0 fully saturated rings. The van der Waals surface area contributed by atoms with Crippen molar-refractivity contribution in [1.82, 2.24) is 9.97 Å². The van der Waals surface area contributed by atoms with Crippen molar-refractivity contribution in [2.75, 3.05) is 25.1 Å². The number of anilines is 2. The Morgan fingerprint density at radius 1 is 0.727 bits per heavy atom. The molecule has 2 heterocycles. The van der Waals surface area contributed by atoms with Crippen LogP contribution in [0.4, 0.5) is 21.6 Å². The molecule has 222 valence electrons. The number of nitrogens with zero attached hydrogens (tertiary/aromatic N) is 6. The molecule has 5 aromatic rings. The van der Waals surface area contributed by atoms with Gasteiger partial charge >= 0.3 is 0 Å². The number of nitro benzene ring substituents is 2. The summed E-state index contributed by atoms with van der Waals surface area (Å²) < 4.78 is 11.2. The first-order valence-corrected chi connectivity index (χ1v) is 14.4. The minimum absolute atomic E-state index is 0.0549. The Kier molecular flexibility index (Phi) is 9.12. The molecule has 0 spiro atoms. The Morgan fingerprint density at radius 3 is 1.57 bits per heavy atom. The second-order valence-electron chi connectivity index (χ2n) is 8.70. The number of nitrogens with one attached hydrogen (secondary N) is 2. The van der Waals surface area contributed by atoms with E-state index in [1.807, 2.05) is 16.8 Å². The van der Waals surface area contributed by atoms with Gasteiger partial charge in [0, 0.05) is 40.1 Å². The van der Waals surface area contributed by atoms with E-state index in [0.717, 1.165) is 0 Å². The van der Waals surface area contributed by atoms with Crippen molar-refractivity contribution in [2.24, 2.45) is 10.2 Å². The van der Waals surface area contributed by atoms with Crippen molar-refractivity contribution < 1.29 is 19.3 Å². The summed E-state index contributed by atoms with van der Waals surface area (Å²) in [5.41, 5.74) is 8.78. The molecule has 16 heteroatoms. The van der Waals surface area contributed by atoms with Crippen LogP contribution in [0.5, 0.6) is 11.5 Å². The van der Waals surface area contributed by atoms with E-state index in [0.29, 0.717) is 55.4 Å². The Morgan fingerprint density at radius 2 is 1.16 bits per heavy atom. The summed E-state index contributed by atoms with van der Waals surface area (Å²) >= 11 is 2.59. The fraction of sp³-hybridized carbons (Fsp3) is 0.0714. The molecule has 0 aliphatic heterocycles. The molecule has 0 amide bonds. The highest BCUT2D eigenvalue weighted by molar-refractivity contribution is 7.14. The van der Waals surface area contributed by atoms with Gasteiger partial charge in [-0.2, -0.15) is 10.2 Å². The molecule has 3 aromatic carbocycles. The third kappa shape index (κ3) is 6.66. The molecule has 14 nitrogen and oxygen atoms in total. The fourth-order valence-corrected chi connectivity index (χ4v) is 5.36. The molecular formula is C28H22N8O6S2. The van der Waals surface area contributed by atoms with Gasteiger partial charge in [0.05, 0.1) is 59.0 Å². The van der Waals surface area contributed by atoms with Gasteiger partial charge in [0.2, 0.25) is 10.3 Å². The number of ether oxygens (including phenoxy) is 2. The first-order valence-electron chi connectivity index (χ1n) is 12.6. The monoisotopic (exact) mass is 630 g/mol. The Balaban J connectivity index is 1.36. The van der Waals surface area contributed by atoms with Crippen molar-refractivity contribution in [1.29, 1.82) is 0 Å². The average molecular weight is 631 g/mol. The molecule has 0 radical (unpaired) electrons. The topological polar surface area (TPSA) is 179 Å². The third-order valence-corrected chi connectivity index (χ3v) is 7.57. The van der Waals surface area contributed by atoms with Gasteiger partial charge in [-0.15, -0.1) is 22.7 Å². The number of hydrogen-bond acceptors (Lipinski definition) is 14. The van der Waals surface area contributed by atoms with Crippen LogP contribution in [-0.2, 0) is 0 Å². The van der Waals surface area contributed by atoms with E-state index in [-0.39, 0.29) is 11.4 Å². The zero-order chi connectivity index (χ0) is 31.1. The second kappa shape index (κ2) is 13.5. The molecule has 0 saturated heterocycles. The van der Waals surface area contributed by atoms with Crippen LogP contribution in [0, 0.1) is 20.2 Å². The van der Waals surface area contributed by atoms with Crippen molar-refractivity contribution in [3.05, 3.63) is 103 Å². The lowest BCUT2D eigenvalue weighted by molar-refractivity contribution is -0.385. The minimum Gasteiger partial charge on any atom is -0.496 e. The molecule has 2 aromatic heterocycles. The lowest BCUT2D eigenvalue weighted by Crippen LogP contribution is -1.97. The second-order valence-corrected chi connectivity index (χ2v) is 10.4. The summed E-state index contributed by atoms with van der Waals surface area (Å²) in [4.78, 5) is 30.8. The van der Waals surface area contributed by atoms with E-state index in [9.17, 15) is 20.2 Å². The van der Waals surface area contributed by atoms with Gasteiger partial charge in [0.15, 0.2) is 0 Å². The number of thiazole rings is 2. The number of hydrazone groups is 2. The molecule has 0 bridgehead atoms. The highest BCUT2D eigenvalue weighted by atomic mass is 32.1. The van der Waals surface area contributed by atoms with E-state index in [1.54, 1.807) is 56.7 Å². The summed E-state index contributed by atoms with van der Waals surface area (Å²) in [6, 6.07) is 16.2. The predicted molar refractivity (Wildman–Crippen MR) is 170 cm³/mol. The van der Waals surface area contributed by atoms with Crippen molar-refractivity contribution in [3.8, 4) is 34.0 Å². The van der Waals surface area contributed by atoms with E-state index >= 15 is 0 Å². The molecule has 44 heavy (non-hydrogen) atoms. The predicted octanol–water partition coefficient (Wildman–Crippen LogP) is 6.66. The lowest BCUT2D eigenvalue weighted by atomic mass is 10.0. The molecule has 0 aliphatic carbocycles. The van der Waals surface area contributed by atoms with Crippen LogP contribution in [0.25, 0.3) is 22.5 Å². The van der Waals surface area contributed by atoms with E-state index < -0.39 is 9.85 Å². The maximum atomic E-state index is 11.2. The van der Waals surface area contributed by atoms with Gasteiger partial charge in [-0.05, 0) is 18.2 Å². The Hall–Kier alpha value is -5.74. The van der Waals surface area contributed by atoms with Crippen molar-refractivity contribution in [2.45, 2.75) is 0 Å². The number of aromatic nitrogens is 2. The molecular weight excluding hydrogens is 608 g/mol. The van der Waals surface area contributed by atoms with Gasteiger partial charge in [-0.3, -0.25) is 31.1 Å². The van der Waals surface area contributed by atoms with E-state index in [4.69, 9.17) is 9.47 Å². The third-order valence-electron chi connectivity index (χ3n) is 6.08. The first kappa shape index (κ1) is 29.7. The highest BCUT2D eigenvalue weighted by Gasteiger charge is 2.19. The summed E-state index contributed by atoms with van der Waals surface area (Å²) in [6.07, 6.45) is 2.73. The van der Waals surface area contributed by atoms with Crippen LogP contribution in [0.15, 0.2) is 81.6 Å². The maximum absolute atomic E-state index is 11.2. The van der Waals surface area contributed by atoms with Crippen LogP contribution < -0.4 is 20.3 Å². The Labute approximate surface area is 257 Å². The summed E-state index contributed by atoms with van der Waals surface area (Å²) in [7, 11) is 3.08. The molecule has 0 atom stereocenters. The summed E-state index contributed by atoms with van der Waals surface area (Å²) in [5.74, 6) is 1.04. The van der Waals surface area contributed by atoms with Crippen LogP contribution in [0.1, 0.15) is 11.1 Å². The van der Waals surface area contributed by atoms with E-state index in [1.165, 1.54) is 47.2 Å². The van der Waals surface area contributed by atoms with Gasteiger partial charge in [0.25, 0.3) is 11.4 Å². The zero-order valence-corrected chi connectivity index (χ0v) is 24.7. The van der Waals surface area contributed by atoms with Gasteiger partial charge in [0.1, 0.15) is 11.5 Å². The molecule has 5 rings (SSSR count). The number of rotatable bonds is 12. The van der Waals surface area contributed by atoms with Crippen molar-refractivity contribution in [3.63, 3.8) is 0 Å². The number of methoxy groups -OCH3 is 2. The lowest BCUT2D eigenvalue weighted by Gasteiger charge is -2.13. The largest absolute Gasteiger partial charge is 0.496 e. The number of nitro groups is 2. The zero-order valence-electron chi connectivity index (χ0n) is 23.0. The molecule has 2 N–H and O–H groups in total. The van der Waals surface area contributed by atoms with Gasteiger partial charge < -0.3 is 9.47 Å². The molecule has 0 unspecified atom stereocenters. The van der Waals surface area contributed by atoms with Crippen LogP contribution >= 0.6 is 22.7 Å². The quantitative estimate of drug-likeness (QED) is 0.0860. The number of para-hydroxylation sites is 2. The van der Waals surface area contributed by atoms with Crippen LogP contribution in [0.2, 0.25) is 0 Å². The van der Waals surface area contributed by atoms with Crippen LogP contribution in [0.3, 0.4) is 0 Å². The number of benzene rings is 3. The van der Waals surface area contributed by atoms with E-state index in [2.05, 4.69) is 31.0 Å². The van der Waals surface area contributed by atoms with Gasteiger partial charge in [-0.1, -0.05) is 24.3 Å². The fourth-order valence-electron chi connectivity index (χ4n) is 4.04. The average Bonchev–Trinajstić information content (AvgIpc) is 3.71. The Bertz CT molecular complexity index is 1760. The first-order chi connectivity index (χ1) is 21.4. The summed E-state index contributed by atoms with van der Waals surface area (Å²) in [5, 5.41) is 35.3. The van der Waals surface area contributed by atoms with Crippen molar-refractivity contribution >= 4 is 56.7 Å². The molecule has 0 aliphatic rings. The van der Waals surface area contributed by atoms with Crippen LogP contribution in [-0.4, -0.2) is 46.5 Å². The molecule has 0 saturated carbocycles. The highest BCUT2D eigenvalue weighted by Crippen LogP contribution is 2.42. The minimum atomic E-state index is -0.469. The summed E-state index contributed by atoms with van der Waals surface area (Å²) in [6.45, 7) is 0. The smallest absolute Gasteiger partial charge is 0.278 e. The maximum Gasteiger partial charge on any atom is 0.278 e. The SMILES string of the molecule is COc1cc(OC)c(-c2csc(NN=Cc3ccccc3[N+](=O)[O-])n2)cc1-c1csc(NN=Cc2ccccc2[N+](=O)[O-])n1. The van der Waals surface area contributed by atoms with Gasteiger partial charge in [-0.25, -0.2) is 9.97 Å².